The van der Waals surface area contributed by atoms with Gasteiger partial charge in [-0.1, -0.05) is 11.6 Å². The monoisotopic (exact) mass is 387 g/mol. The van der Waals surface area contributed by atoms with Crippen LogP contribution in [0.3, 0.4) is 0 Å². The van der Waals surface area contributed by atoms with Gasteiger partial charge in [-0.25, -0.2) is 4.79 Å². The molecule has 2 aliphatic rings. The van der Waals surface area contributed by atoms with Crippen LogP contribution in [0.15, 0.2) is 30.3 Å². The summed E-state index contributed by atoms with van der Waals surface area (Å²) in [5.74, 6) is -1.09. The molecule has 0 radical (unpaired) electrons. The summed E-state index contributed by atoms with van der Waals surface area (Å²) in [6, 6.07) is 9.25. The molecule has 1 aromatic carbocycles. The average Bonchev–Trinajstić information content (AvgIpc) is 3.47. The maximum atomic E-state index is 12.4. The van der Waals surface area contributed by atoms with Crippen molar-refractivity contribution in [1.29, 1.82) is 0 Å². The van der Waals surface area contributed by atoms with Gasteiger partial charge in [0.05, 0.1) is 12.2 Å². The lowest BCUT2D eigenvalue weighted by atomic mass is 10.2. The number of benzene rings is 1. The first-order valence-electron chi connectivity index (χ1n) is 8.69. The molecule has 140 valence electrons. The summed E-state index contributed by atoms with van der Waals surface area (Å²) in [7, 11) is 0. The molecule has 2 heterocycles. The zero-order chi connectivity index (χ0) is 19.0. The molecule has 27 heavy (non-hydrogen) atoms. The summed E-state index contributed by atoms with van der Waals surface area (Å²) in [4.78, 5) is 27.7. The first-order chi connectivity index (χ1) is 13.0. The summed E-state index contributed by atoms with van der Waals surface area (Å²) in [6.07, 6.45) is 2.39. The van der Waals surface area contributed by atoms with Gasteiger partial charge in [-0.15, -0.1) is 10.2 Å². The highest BCUT2D eigenvalue weighted by atomic mass is 35.5. The summed E-state index contributed by atoms with van der Waals surface area (Å²) >= 11 is 5.81. The highest BCUT2D eigenvalue weighted by molar-refractivity contribution is 6.29. The molecule has 0 atom stereocenters. The quantitative estimate of drug-likeness (QED) is 0.812. The lowest BCUT2D eigenvalue weighted by Crippen LogP contribution is -2.51. The van der Waals surface area contributed by atoms with Crippen LogP contribution in [-0.4, -0.2) is 57.8 Å². The van der Waals surface area contributed by atoms with Crippen LogP contribution in [0.5, 0.6) is 0 Å². The Morgan fingerprint density at radius 1 is 1.19 bits per heavy atom. The van der Waals surface area contributed by atoms with Crippen molar-refractivity contribution >= 4 is 40.5 Å². The van der Waals surface area contributed by atoms with E-state index >= 15 is 0 Å². The molecule has 9 heteroatoms. The minimum Gasteiger partial charge on any atom is -0.476 e. The lowest BCUT2D eigenvalue weighted by Gasteiger charge is -2.34. The number of aromatic carboxylic acids is 1. The van der Waals surface area contributed by atoms with Crippen molar-refractivity contribution in [3.05, 3.63) is 41.2 Å². The first kappa shape index (κ1) is 17.7. The third-order valence-electron chi connectivity index (χ3n) is 4.74. The second kappa shape index (κ2) is 7.13. The van der Waals surface area contributed by atoms with Crippen molar-refractivity contribution in [3.63, 3.8) is 0 Å². The van der Waals surface area contributed by atoms with Crippen molar-refractivity contribution in [2.24, 2.45) is 0 Å². The van der Waals surface area contributed by atoms with Crippen LogP contribution in [0.4, 0.5) is 17.1 Å². The number of amides is 1. The molecule has 1 aliphatic heterocycles. The number of carboxylic acid groups (broad SMARTS) is 1. The van der Waals surface area contributed by atoms with Gasteiger partial charge in [-0.05, 0) is 37.1 Å². The van der Waals surface area contributed by atoms with Crippen molar-refractivity contribution in [2.75, 3.05) is 29.9 Å². The van der Waals surface area contributed by atoms with Gasteiger partial charge in [0.1, 0.15) is 0 Å². The summed E-state index contributed by atoms with van der Waals surface area (Å²) in [6.45, 7) is 2.03. The lowest BCUT2D eigenvalue weighted by molar-refractivity contribution is -0.121. The molecule has 2 N–H and O–H groups in total. The van der Waals surface area contributed by atoms with E-state index in [1.165, 1.54) is 18.9 Å². The number of nitrogens with zero attached hydrogens (tertiary/aromatic N) is 4. The third-order valence-corrected chi connectivity index (χ3v) is 4.92. The second-order valence-electron chi connectivity index (χ2n) is 6.65. The molecule has 4 rings (SSSR count). The zero-order valence-electron chi connectivity index (χ0n) is 14.4. The van der Waals surface area contributed by atoms with Crippen molar-refractivity contribution in [1.82, 2.24) is 15.1 Å². The van der Waals surface area contributed by atoms with Crippen LogP contribution in [-0.2, 0) is 4.79 Å². The predicted octanol–water partition coefficient (Wildman–Crippen LogP) is 2.38. The van der Waals surface area contributed by atoms with E-state index in [1.54, 1.807) is 17.0 Å². The molecule has 8 nitrogen and oxygen atoms in total. The van der Waals surface area contributed by atoms with Gasteiger partial charge in [-0.2, -0.15) is 0 Å². The Morgan fingerprint density at radius 3 is 2.56 bits per heavy atom. The maximum absolute atomic E-state index is 12.4. The summed E-state index contributed by atoms with van der Waals surface area (Å²) in [5, 5.41) is 19.4. The molecular weight excluding hydrogens is 370 g/mol. The molecule has 1 aromatic heterocycles. The predicted molar refractivity (Wildman–Crippen MR) is 101 cm³/mol. The fraction of sp³-hybridized carbons (Fsp3) is 0.333. The molecule has 0 bridgehead atoms. The maximum Gasteiger partial charge on any atom is 0.358 e. The number of halogens is 1. The smallest absolute Gasteiger partial charge is 0.358 e. The van der Waals surface area contributed by atoms with Crippen molar-refractivity contribution < 1.29 is 14.7 Å². The highest BCUT2D eigenvalue weighted by Gasteiger charge is 2.34. The molecule has 2 fully saturated rings. The average molecular weight is 388 g/mol. The number of hydrogen-bond donors (Lipinski definition) is 2. The molecule has 1 saturated carbocycles. The Bertz CT molecular complexity index is 885. The Kier molecular flexibility index (Phi) is 4.67. The van der Waals surface area contributed by atoms with Crippen LogP contribution >= 0.6 is 11.6 Å². The minimum atomic E-state index is -1.20. The van der Waals surface area contributed by atoms with Crippen LogP contribution in [0.25, 0.3) is 0 Å². The van der Waals surface area contributed by atoms with E-state index in [9.17, 15) is 14.7 Å². The van der Waals surface area contributed by atoms with Crippen molar-refractivity contribution in [2.45, 2.75) is 18.9 Å². The normalized spacial score (nSPS) is 17.8. The molecule has 0 spiro atoms. The van der Waals surface area contributed by atoms with Gasteiger partial charge in [-0.3, -0.25) is 9.69 Å². The molecule has 2 aromatic rings. The van der Waals surface area contributed by atoms with Gasteiger partial charge in [0.15, 0.2) is 10.8 Å². The topological polar surface area (TPSA) is 98.7 Å². The number of anilines is 3. The zero-order valence-corrected chi connectivity index (χ0v) is 15.2. The molecular formula is C18H18ClN5O3. The van der Waals surface area contributed by atoms with E-state index in [0.29, 0.717) is 24.8 Å². The summed E-state index contributed by atoms with van der Waals surface area (Å²) in [5.41, 5.74) is 1.53. The number of carbonyl (C=O) groups excluding carboxylic acids is 1. The van der Waals surface area contributed by atoms with Gasteiger partial charge in [0.2, 0.25) is 5.91 Å². The molecule has 0 unspecified atom stereocenters. The highest BCUT2D eigenvalue weighted by Crippen LogP contribution is 2.29. The number of aromatic nitrogens is 2. The van der Waals surface area contributed by atoms with E-state index in [2.05, 4.69) is 20.4 Å². The second-order valence-corrected chi connectivity index (χ2v) is 7.04. The molecule has 1 saturated heterocycles. The molecule has 1 amide bonds. The first-order valence-corrected chi connectivity index (χ1v) is 9.07. The van der Waals surface area contributed by atoms with Gasteiger partial charge in [0.25, 0.3) is 0 Å². The number of hydrogen-bond acceptors (Lipinski definition) is 6. The third kappa shape index (κ3) is 3.86. The SMILES string of the molecule is O=C(O)c1nnc(Cl)cc1Nc1ccc(N2CCN(C3CC3)CC2=O)cc1. The van der Waals surface area contributed by atoms with E-state index in [0.717, 1.165) is 12.2 Å². The fourth-order valence-electron chi connectivity index (χ4n) is 3.22. The Morgan fingerprint density at radius 2 is 1.93 bits per heavy atom. The van der Waals surface area contributed by atoms with Gasteiger partial charge >= 0.3 is 5.97 Å². The number of carbonyl (C=O) groups is 2. The Labute approximate surface area is 160 Å². The van der Waals surface area contributed by atoms with Crippen molar-refractivity contribution in [3.8, 4) is 0 Å². The largest absolute Gasteiger partial charge is 0.476 e. The minimum absolute atomic E-state index is 0.0956. The van der Waals surface area contributed by atoms with E-state index in [-0.39, 0.29) is 22.4 Å². The summed E-state index contributed by atoms with van der Waals surface area (Å²) < 4.78 is 0. The van der Waals surface area contributed by atoms with Gasteiger partial charge in [0, 0.05) is 36.6 Å². The van der Waals surface area contributed by atoms with E-state index in [1.807, 2.05) is 12.1 Å². The number of carboxylic acids is 1. The van der Waals surface area contributed by atoms with Crippen LogP contribution in [0, 0.1) is 0 Å². The van der Waals surface area contributed by atoms with Crippen LogP contribution < -0.4 is 10.2 Å². The van der Waals surface area contributed by atoms with Crippen LogP contribution in [0.2, 0.25) is 5.15 Å². The number of piperazine rings is 1. The number of rotatable bonds is 5. The Balaban J connectivity index is 1.47. The fourth-order valence-corrected chi connectivity index (χ4v) is 3.36. The Hall–Kier alpha value is -2.71. The van der Waals surface area contributed by atoms with Crippen LogP contribution in [0.1, 0.15) is 23.3 Å². The standard InChI is InChI=1S/C18H18ClN5O3/c19-15-9-14(17(18(26)27)22-21-15)20-11-1-3-13(4-2-11)24-8-7-23(10-16(24)25)12-5-6-12/h1-4,9,12H,5-8,10H2,(H,20,21)(H,26,27). The van der Waals surface area contributed by atoms with E-state index in [4.69, 9.17) is 11.6 Å². The molecule has 1 aliphatic carbocycles. The van der Waals surface area contributed by atoms with E-state index < -0.39 is 5.97 Å². The van der Waals surface area contributed by atoms with Gasteiger partial charge < -0.3 is 15.3 Å². The number of nitrogens with one attached hydrogen (secondary N) is 1.